The van der Waals surface area contributed by atoms with Crippen LogP contribution in [0.1, 0.15) is 27.1 Å². The number of amides is 1. The van der Waals surface area contributed by atoms with Crippen molar-refractivity contribution in [1.82, 2.24) is 14.8 Å². The molecule has 140 valence electrons. The summed E-state index contributed by atoms with van der Waals surface area (Å²) >= 11 is 1.67. The summed E-state index contributed by atoms with van der Waals surface area (Å²) < 4.78 is 0. The molecule has 3 aromatic rings. The second kappa shape index (κ2) is 8.93. The lowest BCUT2D eigenvalue weighted by molar-refractivity contribution is -0.132. The molecule has 0 aliphatic heterocycles. The van der Waals surface area contributed by atoms with Gasteiger partial charge in [-0.05, 0) is 25.1 Å². The lowest BCUT2D eigenvalue weighted by Crippen LogP contribution is -2.38. The van der Waals surface area contributed by atoms with E-state index in [1.165, 1.54) is 4.88 Å². The molecule has 0 fully saturated rings. The smallest absolute Gasteiger partial charge is 0.237 e. The molecule has 0 aliphatic carbocycles. The number of aryl methyl sites for hydroxylation is 1. The summed E-state index contributed by atoms with van der Waals surface area (Å²) in [5.74, 6) is 0.0939. The van der Waals surface area contributed by atoms with Gasteiger partial charge in [-0.3, -0.25) is 9.69 Å². The van der Waals surface area contributed by atoms with E-state index in [4.69, 9.17) is 0 Å². The zero-order valence-electron chi connectivity index (χ0n) is 16.0. The number of thiazole rings is 1. The van der Waals surface area contributed by atoms with Gasteiger partial charge in [0.25, 0.3) is 0 Å². The Kier molecular flexibility index (Phi) is 6.37. The average Bonchev–Trinajstić information content (AvgIpc) is 3.08. The fourth-order valence-corrected chi connectivity index (χ4v) is 4.07. The normalized spacial score (nSPS) is 11.1. The first-order chi connectivity index (χ1) is 13.0. The van der Waals surface area contributed by atoms with E-state index < -0.39 is 0 Å². The maximum atomic E-state index is 13.0. The summed E-state index contributed by atoms with van der Waals surface area (Å²) in [6, 6.07) is 20.3. The Morgan fingerprint density at radius 2 is 1.56 bits per heavy atom. The average molecular weight is 380 g/mol. The third-order valence-electron chi connectivity index (χ3n) is 4.51. The van der Waals surface area contributed by atoms with Crippen molar-refractivity contribution in [2.24, 2.45) is 0 Å². The summed E-state index contributed by atoms with van der Waals surface area (Å²) in [7, 11) is 3.86. The van der Waals surface area contributed by atoms with Crippen molar-refractivity contribution in [3.05, 3.63) is 87.9 Å². The van der Waals surface area contributed by atoms with E-state index in [2.05, 4.69) is 29.2 Å². The first-order valence-electron chi connectivity index (χ1n) is 9.00. The van der Waals surface area contributed by atoms with Gasteiger partial charge in [0.1, 0.15) is 0 Å². The number of nitrogens with zero attached hydrogens (tertiary/aromatic N) is 3. The highest BCUT2D eigenvalue weighted by atomic mass is 32.1. The van der Waals surface area contributed by atoms with E-state index in [1.54, 1.807) is 11.3 Å². The Balaban J connectivity index is 1.75. The number of carbonyl (C=O) groups excluding carboxylic acids is 1. The molecule has 1 heterocycles. The van der Waals surface area contributed by atoms with Gasteiger partial charge in [-0.1, -0.05) is 60.7 Å². The van der Waals surface area contributed by atoms with Crippen molar-refractivity contribution in [2.75, 3.05) is 20.6 Å². The predicted molar refractivity (Wildman–Crippen MR) is 111 cm³/mol. The van der Waals surface area contributed by atoms with Crippen LogP contribution in [0.3, 0.4) is 0 Å². The number of benzene rings is 2. The number of rotatable bonds is 7. The summed E-state index contributed by atoms with van der Waals surface area (Å²) in [6.07, 6.45) is 1.89. The SMILES string of the molecule is Cc1ncc(CN(C)CC(=O)N(C)C(c2ccccc2)c2ccccc2)s1. The van der Waals surface area contributed by atoms with E-state index in [1.807, 2.05) is 73.4 Å². The molecule has 0 radical (unpaired) electrons. The summed E-state index contributed by atoms with van der Waals surface area (Å²) in [6.45, 7) is 3.09. The second-order valence-corrected chi connectivity index (χ2v) is 8.07. The lowest BCUT2D eigenvalue weighted by Gasteiger charge is -2.30. The van der Waals surface area contributed by atoms with E-state index in [0.717, 1.165) is 22.7 Å². The van der Waals surface area contributed by atoms with Gasteiger partial charge >= 0.3 is 0 Å². The quantitative estimate of drug-likeness (QED) is 0.619. The minimum Gasteiger partial charge on any atom is -0.334 e. The molecule has 0 bridgehead atoms. The first kappa shape index (κ1) is 19.3. The molecule has 1 aromatic heterocycles. The number of hydrogen-bond donors (Lipinski definition) is 0. The Morgan fingerprint density at radius 1 is 1.00 bits per heavy atom. The topological polar surface area (TPSA) is 36.4 Å². The van der Waals surface area contributed by atoms with Crippen molar-refractivity contribution >= 4 is 17.2 Å². The van der Waals surface area contributed by atoms with Gasteiger partial charge in [0.05, 0.1) is 17.6 Å². The molecule has 0 unspecified atom stereocenters. The number of hydrogen-bond acceptors (Lipinski definition) is 4. The van der Waals surface area contributed by atoms with E-state index in [0.29, 0.717) is 6.54 Å². The molecule has 1 amide bonds. The zero-order chi connectivity index (χ0) is 19.2. The van der Waals surface area contributed by atoms with Crippen LogP contribution in [0.4, 0.5) is 0 Å². The molecule has 0 spiro atoms. The fraction of sp³-hybridized carbons (Fsp3) is 0.273. The lowest BCUT2D eigenvalue weighted by atomic mass is 9.97. The number of aromatic nitrogens is 1. The first-order valence-corrected chi connectivity index (χ1v) is 9.81. The number of likely N-dealkylation sites (N-methyl/N-ethyl adjacent to an activating group) is 2. The molecule has 0 saturated carbocycles. The van der Waals surface area contributed by atoms with Crippen molar-refractivity contribution in [1.29, 1.82) is 0 Å². The van der Waals surface area contributed by atoms with E-state index in [-0.39, 0.29) is 11.9 Å². The van der Waals surface area contributed by atoms with Gasteiger partial charge in [0.15, 0.2) is 0 Å². The third-order valence-corrected chi connectivity index (χ3v) is 5.41. The third kappa shape index (κ3) is 5.02. The molecule has 0 atom stereocenters. The fourth-order valence-electron chi connectivity index (χ4n) is 3.20. The second-order valence-electron chi connectivity index (χ2n) is 6.75. The number of carbonyl (C=O) groups is 1. The Hall–Kier alpha value is -2.50. The van der Waals surface area contributed by atoms with Gasteiger partial charge in [-0.2, -0.15) is 0 Å². The van der Waals surface area contributed by atoms with Crippen LogP contribution >= 0.6 is 11.3 Å². The highest BCUT2D eigenvalue weighted by Crippen LogP contribution is 2.27. The maximum absolute atomic E-state index is 13.0. The van der Waals surface area contributed by atoms with Crippen molar-refractivity contribution < 1.29 is 4.79 Å². The Bertz CT molecular complexity index is 824. The van der Waals surface area contributed by atoms with E-state index in [9.17, 15) is 4.79 Å². The molecule has 3 rings (SSSR count). The monoisotopic (exact) mass is 379 g/mol. The highest BCUT2D eigenvalue weighted by molar-refractivity contribution is 7.11. The van der Waals surface area contributed by atoms with Gasteiger partial charge < -0.3 is 4.90 Å². The standard InChI is InChI=1S/C22H25N3OS/c1-17-23-14-20(27-17)15-24(2)16-21(26)25(3)22(18-10-6-4-7-11-18)19-12-8-5-9-13-19/h4-14,22H,15-16H2,1-3H3. The zero-order valence-corrected chi connectivity index (χ0v) is 16.8. The Labute approximate surface area is 165 Å². The summed E-state index contributed by atoms with van der Waals surface area (Å²) in [5, 5.41) is 1.05. The molecular formula is C22H25N3OS. The minimum atomic E-state index is -0.0982. The largest absolute Gasteiger partial charge is 0.334 e. The summed E-state index contributed by atoms with van der Waals surface area (Å²) in [5.41, 5.74) is 2.22. The predicted octanol–water partition coefficient (Wildman–Crippen LogP) is 4.13. The molecule has 5 heteroatoms. The minimum absolute atomic E-state index is 0.0939. The molecule has 0 saturated heterocycles. The van der Waals surface area contributed by atoms with Gasteiger partial charge in [-0.25, -0.2) is 4.98 Å². The molecule has 2 aromatic carbocycles. The molecule has 0 aliphatic rings. The molecular weight excluding hydrogens is 354 g/mol. The van der Waals surface area contributed by atoms with Crippen LogP contribution in [-0.2, 0) is 11.3 Å². The Morgan fingerprint density at radius 3 is 2.04 bits per heavy atom. The van der Waals surface area contributed by atoms with Crippen LogP contribution in [0.2, 0.25) is 0 Å². The van der Waals surface area contributed by atoms with Crippen molar-refractivity contribution in [2.45, 2.75) is 19.5 Å². The van der Waals surface area contributed by atoms with Crippen LogP contribution in [0.25, 0.3) is 0 Å². The van der Waals surface area contributed by atoms with Gasteiger partial charge in [0, 0.05) is 24.7 Å². The van der Waals surface area contributed by atoms with Gasteiger partial charge in [-0.15, -0.1) is 11.3 Å². The molecule has 0 N–H and O–H groups in total. The van der Waals surface area contributed by atoms with Crippen LogP contribution in [0, 0.1) is 6.92 Å². The van der Waals surface area contributed by atoms with Crippen LogP contribution in [0.15, 0.2) is 66.9 Å². The van der Waals surface area contributed by atoms with Crippen molar-refractivity contribution in [3.8, 4) is 0 Å². The van der Waals surface area contributed by atoms with Gasteiger partial charge in [0.2, 0.25) is 5.91 Å². The van der Waals surface area contributed by atoms with Crippen LogP contribution in [0.5, 0.6) is 0 Å². The van der Waals surface area contributed by atoms with Crippen molar-refractivity contribution in [3.63, 3.8) is 0 Å². The van der Waals surface area contributed by atoms with Crippen LogP contribution < -0.4 is 0 Å². The summed E-state index contributed by atoms with van der Waals surface area (Å²) in [4.78, 5) is 22.4. The maximum Gasteiger partial charge on any atom is 0.237 e. The van der Waals surface area contributed by atoms with E-state index >= 15 is 0 Å². The van der Waals surface area contributed by atoms with Crippen LogP contribution in [-0.4, -0.2) is 41.3 Å². The molecule has 27 heavy (non-hydrogen) atoms. The highest BCUT2D eigenvalue weighted by Gasteiger charge is 2.24. The molecule has 4 nitrogen and oxygen atoms in total.